The van der Waals surface area contributed by atoms with E-state index in [0.717, 1.165) is 56.8 Å². The van der Waals surface area contributed by atoms with Crippen molar-refractivity contribution < 1.29 is 5.11 Å². The second kappa shape index (κ2) is 10.4. The van der Waals surface area contributed by atoms with Crippen LogP contribution in [0.4, 0.5) is 0 Å². The Balaban J connectivity index is 2.66. The Hall–Kier alpha value is -1.56. The summed E-state index contributed by atoms with van der Waals surface area (Å²) in [6.07, 6.45) is 4.42. The van der Waals surface area contributed by atoms with Crippen LogP contribution in [0.5, 0.6) is 0 Å². The highest BCUT2D eigenvalue weighted by molar-refractivity contribution is 5.79. The average molecular weight is 352 g/mol. The fourth-order valence-electron chi connectivity index (χ4n) is 3.27. The van der Waals surface area contributed by atoms with Crippen LogP contribution < -0.4 is 10.6 Å². The number of rotatable bonds is 10. The number of guanidine groups is 1. The van der Waals surface area contributed by atoms with E-state index in [1.807, 2.05) is 11.7 Å². The average Bonchev–Trinajstić information content (AvgIpc) is 2.79. The molecular formula is C19H37N5O. The molecule has 0 fully saturated rings. The molecule has 0 aromatic carbocycles. The Labute approximate surface area is 153 Å². The summed E-state index contributed by atoms with van der Waals surface area (Å²) >= 11 is 0. The van der Waals surface area contributed by atoms with Crippen LogP contribution in [-0.2, 0) is 13.5 Å². The molecule has 0 saturated carbocycles. The molecule has 0 amide bonds. The summed E-state index contributed by atoms with van der Waals surface area (Å²) < 4.78 is 1.93. The first-order chi connectivity index (χ1) is 11.9. The van der Waals surface area contributed by atoms with Crippen molar-refractivity contribution in [2.75, 3.05) is 19.6 Å². The van der Waals surface area contributed by atoms with Gasteiger partial charge < -0.3 is 15.7 Å². The molecule has 0 radical (unpaired) electrons. The van der Waals surface area contributed by atoms with Gasteiger partial charge in [-0.05, 0) is 45.6 Å². The summed E-state index contributed by atoms with van der Waals surface area (Å²) in [5.74, 6) is 0.771. The highest BCUT2D eigenvalue weighted by Crippen LogP contribution is 2.19. The lowest BCUT2D eigenvalue weighted by Gasteiger charge is -2.26. The van der Waals surface area contributed by atoms with Gasteiger partial charge in [0.05, 0.1) is 17.8 Å². The molecule has 25 heavy (non-hydrogen) atoms. The number of aromatic nitrogens is 2. The van der Waals surface area contributed by atoms with Gasteiger partial charge in [0.25, 0.3) is 0 Å². The Morgan fingerprint density at radius 1 is 1.16 bits per heavy atom. The van der Waals surface area contributed by atoms with E-state index < -0.39 is 5.60 Å². The molecule has 0 bridgehead atoms. The van der Waals surface area contributed by atoms with Gasteiger partial charge in [-0.3, -0.25) is 9.67 Å². The van der Waals surface area contributed by atoms with Gasteiger partial charge in [0.1, 0.15) is 0 Å². The fraction of sp³-hybridized carbons (Fsp3) is 0.789. The molecule has 6 nitrogen and oxygen atoms in total. The third kappa shape index (κ3) is 6.69. The molecule has 1 aromatic rings. The van der Waals surface area contributed by atoms with Gasteiger partial charge in [0, 0.05) is 25.8 Å². The second-order valence-corrected chi connectivity index (χ2v) is 6.87. The van der Waals surface area contributed by atoms with Crippen molar-refractivity contribution in [1.29, 1.82) is 0 Å². The zero-order valence-corrected chi connectivity index (χ0v) is 16.9. The summed E-state index contributed by atoms with van der Waals surface area (Å²) in [5.41, 5.74) is 2.90. The molecule has 0 saturated heterocycles. The zero-order valence-electron chi connectivity index (χ0n) is 16.9. The minimum absolute atomic E-state index is 0.439. The van der Waals surface area contributed by atoms with Crippen LogP contribution in [0.25, 0.3) is 0 Å². The van der Waals surface area contributed by atoms with Crippen LogP contribution in [0, 0.1) is 13.8 Å². The van der Waals surface area contributed by atoms with Crippen LogP contribution in [0.15, 0.2) is 4.99 Å². The largest absolute Gasteiger partial charge is 0.388 e. The Morgan fingerprint density at radius 2 is 1.80 bits per heavy atom. The summed E-state index contributed by atoms with van der Waals surface area (Å²) in [6, 6.07) is 0. The van der Waals surface area contributed by atoms with Gasteiger partial charge in [-0.15, -0.1) is 0 Å². The molecule has 0 aliphatic carbocycles. The summed E-state index contributed by atoms with van der Waals surface area (Å²) in [7, 11) is 1.98. The SMILES string of the molecule is CCCC(O)(CCC)CN=C(NCC)NCCc1c(C)nn(C)c1C. The lowest BCUT2D eigenvalue weighted by Crippen LogP contribution is -2.41. The molecule has 0 spiro atoms. The van der Waals surface area contributed by atoms with Gasteiger partial charge in [-0.2, -0.15) is 5.10 Å². The van der Waals surface area contributed by atoms with Gasteiger partial charge in [0.2, 0.25) is 0 Å². The maximum atomic E-state index is 10.7. The van der Waals surface area contributed by atoms with Gasteiger partial charge in [-0.25, -0.2) is 0 Å². The van der Waals surface area contributed by atoms with E-state index in [2.05, 4.69) is 55.3 Å². The van der Waals surface area contributed by atoms with Crippen molar-refractivity contribution in [2.45, 2.75) is 72.3 Å². The summed E-state index contributed by atoms with van der Waals surface area (Å²) in [6.45, 7) is 12.4. The molecule has 144 valence electrons. The van der Waals surface area contributed by atoms with E-state index in [4.69, 9.17) is 0 Å². The van der Waals surface area contributed by atoms with Gasteiger partial charge in [-0.1, -0.05) is 26.7 Å². The van der Waals surface area contributed by atoms with E-state index in [0.29, 0.717) is 6.54 Å². The lowest BCUT2D eigenvalue weighted by atomic mass is 9.93. The predicted octanol–water partition coefficient (Wildman–Crippen LogP) is 2.47. The Bertz CT molecular complexity index is 544. The Kier molecular flexibility index (Phi) is 8.97. The first-order valence-corrected chi connectivity index (χ1v) is 9.60. The van der Waals surface area contributed by atoms with Crippen LogP contribution >= 0.6 is 0 Å². The van der Waals surface area contributed by atoms with Crippen LogP contribution in [-0.4, -0.2) is 46.1 Å². The highest BCUT2D eigenvalue weighted by Gasteiger charge is 2.24. The first-order valence-electron chi connectivity index (χ1n) is 9.60. The van der Waals surface area contributed by atoms with Gasteiger partial charge >= 0.3 is 0 Å². The van der Waals surface area contributed by atoms with Gasteiger partial charge in [0.15, 0.2) is 5.96 Å². The van der Waals surface area contributed by atoms with Crippen LogP contribution in [0.1, 0.15) is 63.4 Å². The number of hydrogen-bond donors (Lipinski definition) is 3. The van der Waals surface area contributed by atoms with Crippen molar-refractivity contribution in [3.05, 3.63) is 17.0 Å². The van der Waals surface area contributed by atoms with E-state index >= 15 is 0 Å². The molecule has 3 N–H and O–H groups in total. The minimum atomic E-state index is -0.692. The van der Waals surface area contributed by atoms with Crippen LogP contribution in [0.3, 0.4) is 0 Å². The number of aliphatic imine (C=N–C) groups is 1. The monoisotopic (exact) mass is 351 g/mol. The second-order valence-electron chi connectivity index (χ2n) is 6.87. The lowest BCUT2D eigenvalue weighted by molar-refractivity contribution is 0.0306. The van der Waals surface area contributed by atoms with Crippen molar-refractivity contribution in [3.63, 3.8) is 0 Å². The summed E-state index contributed by atoms with van der Waals surface area (Å²) in [5, 5.41) is 21.8. The van der Waals surface area contributed by atoms with Crippen molar-refractivity contribution in [1.82, 2.24) is 20.4 Å². The predicted molar refractivity (Wildman–Crippen MR) is 105 cm³/mol. The zero-order chi connectivity index (χ0) is 18.9. The van der Waals surface area contributed by atoms with E-state index in [1.54, 1.807) is 0 Å². The third-order valence-electron chi connectivity index (χ3n) is 4.63. The highest BCUT2D eigenvalue weighted by atomic mass is 16.3. The molecule has 6 heteroatoms. The van der Waals surface area contributed by atoms with E-state index in [9.17, 15) is 5.11 Å². The molecule has 1 rings (SSSR count). The maximum absolute atomic E-state index is 10.7. The topological polar surface area (TPSA) is 74.5 Å². The molecule has 0 aliphatic heterocycles. The van der Waals surface area contributed by atoms with Crippen molar-refractivity contribution >= 4 is 5.96 Å². The number of nitrogens with one attached hydrogen (secondary N) is 2. The normalized spacial score (nSPS) is 12.5. The molecule has 1 heterocycles. The van der Waals surface area contributed by atoms with Crippen LogP contribution in [0.2, 0.25) is 0 Å². The standard InChI is InChI=1S/C19H37N5O/c1-7-11-19(25,12-8-2)14-22-18(20-9-3)21-13-10-17-15(4)23-24(6)16(17)5/h25H,7-14H2,1-6H3,(H2,20,21,22). The smallest absolute Gasteiger partial charge is 0.191 e. The first kappa shape index (κ1) is 21.5. The number of nitrogens with zero attached hydrogens (tertiary/aromatic N) is 3. The van der Waals surface area contributed by atoms with E-state index in [-0.39, 0.29) is 0 Å². The van der Waals surface area contributed by atoms with Crippen molar-refractivity contribution in [3.8, 4) is 0 Å². The molecular weight excluding hydrogens is 314 g/mol. The Morgan fingerprint density at radius 3 is 2.28 bits per heavy atom. The number of hydrogen-bond acceptors (Lipinski definition) is 3. The van der Waals surface area contributed by atoms with Crippen molar-refractivity contribution in [2.24, 2.45) is 12.0 Å². The van der Waals surface area contributed by atoms with E-state index in [1.165, 1.54) is 11.3 Å². The minimum Gasteiger partial charge on any atom is -0.388 e. The number of aliphatic hydroxyl groups is 1. The molecule has 1 aromatic heterocycles. The summed E-state index contributed by atoms with van der Waals surface area (Å²) in [4.78, 5) is 4.63. The molecule has 0 unspecified atom stereocenters. The molecule has 0 atom stereocenters. The maximum Gasteiger partial charge on any atom is 0.191 e. The fourth-order valence-corrected chi connectivity index (χ4v) is 3.27. The number of aryl methyl sites for hydroxylation is 2. The quantitative estimate of drug-likeness (QED) is 0.447. The molecule has 0 aliphatic rings. The third-order valence-corrected chi connectivity index (χ3v) is 4.63.